The van der Waals surface area contributed by atoms with Crippen LogP contribution >= 0.6 is 0 Å². The Morgan fingerprint density at radius 3 is 2.46 bits per heavy atom. The first-order chi connectivity index (χ1) is 17.2. The van der Waals surface area contributed by atoms with Gasteiger partial charge in [-0.25, -0.2) is 4.98 Å². The molecular formula is C29H32N2O4. The summed E-state index contributed by atoms with van der Waals surface area (Å²) in [5.41, 5.74) is 3.62. The molecule has 0 saturated carbocycles. The molecule has 6 nitrogen and oxygen atoms in total. The van der Waals surface area contributed by atoms with Crippen molar-refractivity contribution in [2.45, 2.75) is 45.4 Å². The van der Waals surface area contributed by atoms with Crippen LogP contribution < -0.4 is 9.47 Å². The number of phenolic OH excluding ortho intramolecular Hbond substituents is 1. The molecule has 0 spiro atoms. The van der Waals surface area contributed by atoms with E-state index in [0.29, 0.717) is 28.5 Å². The fraction of sp³-hybridized carbons (Fsp3) is 0.310. The van der Waals surface area contributed by atoms with E-state index in [1.54, 1.807) is 31.5 Å². The van der Waals surface area contributed by atoms with E-state index in [-0.39, 0.29) is 5.75 Å². The lowest BCUT2D eigenvalue weighted by molar-refractivity contribution is 0.304. The van der Waals surface area contributed by atoms with Gasteiger partial charge in [0.25, 0.3) is 0 Å². The van der Waals surface area contributed by atoms with Crippen molar-refractivity contribution in [3.05, 3.63) is 66.2 Å². The molecular weight excluding hydrogens is 440 g/mol. The maximum atomic E-state index is 10.1. The van der Waals surface area contributed by atoms with Crippen molar-refractivity contribution >= 4 is 23.0 Å². The number of nitrogens with zero attached hydrogens (tertiary/aromatic N) is 2. The molecule has 0 fully saturated rings. The van der Waals surface area contributed by atoms with Crippen LogP contribution in [0.1, 0.15) is 51.0 Å². The zero-order valence-corrected chi connectivity index (χ0v) is 20.4. The second-order valence-electron chi connectivity index (χ2n) is 8.49. The third kappa shape index (κ3) is 6.63. The lowest BCUT2D eigenvalue weighted by atomic mass is 10.1. The molecule has 4 rings (SSSR count). The largest absolute Gasteiger partial charge is 0.507 e. The molecule has 0 bridgehead atoms. The fourth-order valence-electron chi connectivity index (χ4n) is 3.79. The third-order valence-electron chi connectivity index (χ3n) is 5.83. The first kappa shape index (κ1) is 24.3. The van der Waals surface area contributed by atoms with Crippen LogP contribution in [0.2, 0.25) is 0 Å². The van der Waals surface area contributed by atoms with E-state index in [0.717, 1.165) is 29.9 Å². The predicted molar refractivity (Wildman–Crippen MR) is 140 cm³/mol. The van der Waals surface area contributed by atoms with Gasteiger partial charge < -0.3 is 19.0 Å². The number of unbranched alkanes of at least 4 members (excludes halogenated alkanes) is 5. The molecule has 182 valence electrons. The minimum Gasteiger partial charge on any atom is -0.507 e. The lowest BCUT2D eigenvalue weighted by Crippen LogP contribution is -1.97. The van der Waals surface area contributed by atoms with Crippen molar-refractivity contribution in [1.29, 1.82) is 0 Å². The van der Waals surface area contributed by atoms with Crippen LogP contribution in [-0.2, 0) is 0 Å². The standard InChI is InChI=1S/C29H32N2O4/c1-3-4-5-6-7-8-17-34-24-13-9-21(10-14-24)29-31-26-18-23(12-16-28(26)35-29)30-20-22-11-15-25(33-2)19-27(22)32/h9-16,18-20,32H,3-8,17H2,1-2H3. The molecule has 3 aromatic carbocycles. The highest BCUT2D eigenvalue weighted by Gasteiger charge is 2.09. The highest BCUT2D eigenvalue weighted by molar-refractivity contribution is 5.87. The molecule has 0 atom stereocenters. The molecule has 35 heavy (non-hydrogen) atoms. The first-order valence-electron chi connectivity index (χ1n) is 12.2. The summed E-state index contributed by atoms with van der Waals surface area (Å²) in [5.74, 6) is 2.11. The molecule has 0 amide bonds. The lowest BCUT2D eigenvalue weighted by Gasteiger charge is -2.06. The topological polar surface area (TPSA) is 77.1 Å². The number of phenols is 1. The summed E-state index contributed by atoms with van der Waals surface area (Å²) in [6.07, 6.45) is 9.10. The number of aliphatic imine (C=N–C) groups is 1. The average Bonchev–Trinajstić information content (AvgIpc) is 3.31. The average molecular weight is 473 g/mol. The van der Waals surface area contributed by atoms with E-state index in [1.165, 1.54) is 32.1 Å². The van der Waals surface area contributed by atoms with Gasteiger partial charge in [-0.3, -0.25) is 4.99 Å². The summed E-state index contributed by atoms with van der Waals surface area (Å²) in [7, 11) is 1.56. The fourth-order valence-corrected chi connectivity index (χ4v) is 3.79. The molecule has 0 aliphatic heterocycles. The van der Waals surface area contributed by atoms with Crippen molar-refractivity contribution in [3.63, 3.8) is 0 Å². The maximum Gasteiger partial charge on any atom is 0.227 e. The Bertz CT molecular complexity index is 1260. The molecule has 0 aliphatic rings. The Kier molecular flexibility index (Phi) is 8.39. The maximum absolute atomic E-state index is 10.1. The number of aromatic nitrogens is 1. The molecule has 4 aromatic rings. The summed E-state index contributed by atoms with van der Waals surface area (Å²) in [4.78, 5) is 9.10. The van der Waals surface area contributed by atoms with Crippen LogP contribution in [-0.4, -0.2) is 30.0 Å². The molecule has 0 saturated heterocycles. The number of hydrogen-bond acceptors (Lipinski definition) is 6. The van der Waals surface area contributed by atoms with Crippen LogP contribution in [0.3, 0.4) is 0 Å². The summed E-state index contributed by atoms with van der Waals surface area (Å²) in [5, 5.41) is 10.1. The number of ether oxygens (including phenoxy) is 2. The summed E-state index contributed by atoms with van der Waals surface area (Å²) in [6.45, 7) is 2.98. The number of rotatable bonds is 12. The number of benzene rings is 3. The van der Waals surface area contributed by atoms with E-state index in [9.17, 15) is 5.11 Å². The van der Waals surface area contributed by atoms with Gasteiger partial charge in [0, 0.05) is 23.4 Å². The molecule has 0 radical (unpaired) electrons. The molecule has 1 N–H and O–H groups in total. The van der Waals surface area contributed by atoms with Crippen LogP contribution in [0.15, 0.2) is 70.1 Å². The van der Waals surface area contributed by atoms with E-state index >= 15 is 0 Å². The Morgan fingerprint density at radius 2 is 1.69 bits per heavy atom. The zero-order chi connectivity index (χ0) is 24.5. The molecule has 0 unspecified atom stereocenters. The molecule has 1 aromatic heterocycles. The minimum atomic E-state index is 0.109. The smallest absolute Gasteiger partial charge is 0.227 e. The number of aromatic hydroxyl groups is 1. The Hall–Kier alpha value is -3.80. The van der Waals surface area contributed by atoms with Crippen molar-refractivity contribution in [2.24, 2.45) is 4.99 Å². The van der Waals surface area contributed by atoms with Gasteiger partial charge in [0.1, 0.15) is 22.8 Å². The summed E-state index contributed by atoms with van der Waals surface area (Å²) >= 11 is 0. The highest BCUT2D eigenvalue weighted by atomic mass is 16.5. The van der Waals surface area contributed by atoms with E-state index in [2.05, 4.69) is 16.9 Å². The number of fused-ring (bicyclic) bond motifs is 1. The second-order valence-corrected chi connectivity index (χ2v) is 8.49. The Balaban J connectivity index is 1.37. The third-order valence-corrected chi connectivity index (χ3v) is 5.83. The summed E-state index contributed by atoms with van der Waals surface area (Å²) < 4.78 is 16.9. The Labute approximate surface area is 206 Å². The van der Waals surface area contributed by atoms with Gasteiger partial charge in [0.05, 0.1) is 19.4 Å². The van der Waals surface area contributed by atoms with Gasteiger partial charge in [-0.1, -0.05) is 39.0 Å². The van der Waals surface area contributed by atoms with Crippen LogP contribution in [0, 0.1) is 0 Å². The van der Waals surface area contributed by atoms with Crippen LogP contribution in [0.5, 0.6) is 17.2 Å². The normalized spacial score (nSPS) is 11.4. The highest BCUT2D eigenvalue weighted by Crippen LogP contribution is 2.29. The van der Waals surface area contributed by atoms with E-state index < -0.39 is 0 Å². The number of methoxy groups -OCH3 is 1. The SMILES string of the molecule is CCCCCCCCOc1ccc(-c2nc3cc(N=Cc4ccc(OC)cc4O)ccc3o2)cc1. The van der Waals surface area contributed by atoms with E-state index in [1.807, 2.05) is 42.5 Å². The van der Waals surface area contributed by atoms with Gasteiger partial charge >= 0.3 is 0 Å². The van der Waals surface area contributed by atoms with Crippen molar-refractivity contribution < 1.29 is 19.0 Å². The zero-order valence-electron chi connectivity index (χ0n) is 20.4. The van der Waals surface area contributed by atoms with Crippen molar-refractivity contribution in [2.75, 3.05) is 13.7 Å². The molecule has 1 heterocycles. The van der Waals surface area contributed by atoms with E-state index in [4.69, 9.17) is 13.9 Å². The summed E-state index contributed by atoms with van der Waals surface area (Å²) in [6, 6.07) is 18.5. The van der Waals surface area contributed by atoms with Crippen molar-refractivity contribution in [3.8, 4) is 28.7 Å². The van der Waals surface area contributed by atoms with Crippen molar-refractivity contribution in [1.82, 2.24) is 4.98 Å². The second kappa shape index (κ2) is 12.1. The quantitative estimate of drug-likeness (QED) is 0.169. The van der Waals surface area contributed by atoms with Crippen LogP contribution in [0.25, 0.3) is 22.6 Å². The van der Waals surface area contributed by atoms with Gasteiger partial charge in [-0.05, 0) is 61.0 Å². The van der Waals surface area contributed by atoms with Crippen LogP contribution in [0.4, 0.5) is 5.69 Å². The van der Waals surface area contributed by atoms with Gasteiger partial charge in [-0.2, -0.15) is 0 Å². The minimum absolute atomic E-state index is 0.109. The van der Waals surface area contributed by atoms with Gasteiger partial charge in [0.2, 0.25) is 5.89 Å². The van der Waals surface area contributed by atoms with Gasteiger partial charge in [-0.15, -0.1) is 0 Å². The monoisotopic (exact) mass is 472 g/mol. The Morgan fingerprint density at radius 1 is 0.914 bits per heavy atom. The molecule has 6 heteroatoms. The van der Waals surface area contributed by atoms with Gasteiger partial charge in [0.15, 0.2) is 5.58 Å². The first-order valence-corrected chi connectivity index (χ1v) is 12.2. The number of oxazole rings is 1. The number of hydrogen-bond donors (Lipinski definition) is 1. The predicted octanol–water partition coefficient (Wildman–Crippen LogP) is 7.70. The molecule has 0 aliphatic carbocycles.